The zero-order valence-corrected chi connectivity index (χ0v) is 72.9. The van der Waals surface area contributed by atoms with E-state index in [0.29, 0.717) is 138 Å². The number of hydrogen-bond donors (Lipinski definition) is 9. The van der Waals surface area contributed by atoms with Gasteiger partial charge >= 0.3 is 0 Å². The van der Waals surface area contributed by atoms with Crippen molar-refractivity contribution < 1.29 is 79.7 Å². The summed E-state index contributed by atoms with van der Waals surface area (Å²) in [6.07, 6.45) is 4.08. The van der Waals surface area contributed by atoms with Gasteiger partial charge in [-0.2, -0.15) is 10.2 Å². The van der Waals surface area contributed by atoms with Gasteiger partial charge in [-0.15, -0.1) is 0 Å². The minimum absolute atomic E-state index is 0.0432. The van der Waals surface area contributed by atoms with Crippen molar-refractivity contribution in [3.63, 3.8) is 0 Å². The Balaban J connectivity index is 0.000000180. The van der Waals surface area contributed by atoms with Gasteiger partial charge in [0.05, 0.1) is 51.5 Å². The lowest BCUT2D eigenvalue weighted by atomic mass is 10.0. The molecule has 10 heterocycles. The lowest BCUT2D eigenvalue weighted by Crippen LogP contribution is -2.54. The van der Waals surface area contributed by atoms with Crippen molar-refractivity contribution in [1.82, 2.24) is 50.6 Å². The van der Waals surface area contributed by atoms with E-state index in [2.05, 4.69) is 82.1 Å². The summed E-state index contributed by atoms with van der Waals surface area (Å²) in [5, 5.41) is 37.2. The second kappa shape index (κ2) is 39.3. The summed E-state index contributed by atoms with van der Waals surface area (Å²) in [6.45, 7) is 11.8. The number of aromatic amines is 2. The molecule has 19 rings (SSSR count). The number of aromatic nitrogens is 4. The number of nitrogens with zero attached hydrogens (tertiary/aromatic N) is 9. The fourth-order valence-electron chi connectivity index (χ4n) is 18.6. The Kier molecular flexibility index (Phi) is 26.4. The number of carbonyl (C=O) groups excluding carboxylic acids is 10. The second-order valence-corrected chi connectivity index (χ2v) is 34.5. The van der Waals surface area contributed by atoms with Crippen molar-refractivity contribution in [3.05, 3.63) is 254 Å². The first kappa shape index (κ1) is 89.2. The van der Waals surface area contributed by atoms with Gasteiger partial charge in [0.25, 0.3) is 35.4 Å². The van der Waals surface area contributed by atoms with Crippen LogP contribution in [-0.4, -0.2) is 235 Å². The first-order chi connectivity index (χ1) is 64.5. The van der Waals surface area contributed by atoms with E-state index >= 15 is 0 Å². The predicted octanol–water partition coefficient (Wildman–Crippen LogP) is 11.4. The summed E-state index contributed by atoms with van der Waals surface area (Å²) < 4.78 is 72.3. The summed E-state index contributed by atoms with van der Waals surface area (Å²) in [6, 6.07) is 45.8. The van der Waals surface area contributed by atoms with E-state index in [1.807, 2.05) is 103 Å². The number of fused-ring (bicyclic) bond motifs is 4. The van der Waals surface area contributed by atoms with Gasteiger partial charge in [0.15, 0.2) is 11.6 Å². The van der Waals surface area contributed by atoms with Crippen molar-refractivity contribution in [2.24, 2.45) is 0 Å². The molecule has 11 aromatic rings. The van der Waals surface area contributed by atoms with Crippen LogP contribution in [0.3, 0.4) is 0 Å². The Bertz CT molecular complexity index is 6320. The first-order valence-corrected chi connectivity index (χ1v) is 44.7. The zero-order chi connectivity index (χ0) is 92.1. The van der Waals surface area contributed by atoms with Gasteiger partial charge in [0.2, 0.25) is 23.6 Å². The molecular formula is C98H98F4N18O13. The first-order valence-electron chi connectivity index (χ1n) is 44.7. The lowest BCUT2D eigenvalue weighted by molar-refractivity contribution is -0.137. The smallest absolute Gasteiger partial charge is 0.262 e. The maximum Gasteiger partial charge on any atom is 0.262 e. The second-order valence-electron chi connectivity index (χ2n) is 34.5. The van der Waals surface area contributed by atoms with E-state index in [0.717, 1.165) is 146 Å². The number of carbonyl (C=O) groups is 10. The van der Waals surface area contributed by atoms with Crippen LogP contribution in [0.15, 0.2) is 170 Å². The van der Waals surface area contributed by atoms with Gasteiger partial charge in [0, 0.05) is 193 Å². The molecule has 0 spiro atoms. The maximum absolute atomic E-state index is 14.2. The van der Waals surface area contributed by atoms with Crippen LogP contribution in [0.4, 0.5) is 63.3 Å². The number of benzene rings is 9. The molecule has 31 nitrogen and oxygen atoms in total. The summed E-state index contributed by atoms with van der Waals surface area (Å²) in [7, 11) is 1.62. The molecule has 9 N–H and O–H groups in total. The number of ether oxygens (including phenoxy) is 3. The highest BCUT2D eigenvalue weighted by atomic mass is 19.1. The van der Waals surface area contributed by atoms with Crippen LogP contribution >= 0.6 is 0 Å². The number of piperazine rings is 2. The molecule has 8 aliphatic heterocycles. The third kappa shape index (κ3) is 20.2. The van der Waals surface area contributed by atoms with Crippen LogP contribution in [0.2, 0.25) is 0 Å². The molecule has 686 valence electrons. The van der Waals surface area contributed by atoms with E-state index in [1.165, 1.54) is 24.3 Å². The number of imide groups is 4. The third-order valence-electron chi connectivity index (χ3n) is 25.7. The number of piperidine rings is 2. The SMILES string of the molecule is COc1ccc(CN(CCN2CCN(c3ccc(C(=O)Nc4n[nH]c5ccc(Cc6cc(F)cc(F)c6)cc45)c(NC4CCOCC4)c3)CC2)c2ccc3c(c2)C(=O)N(C2CCC(=O)NC2=O)C3=O)cc1.O=C1CCC(N2C(=O)c3ccc(NCCN4CCN(c5ccc(C(=O)Nc6n[nH]c7ccc(Cc8cc(F)cc(F)c8)cc67)c(NC6CCOCC6)c5)CC4)cc3C2=O)C(=O)N1. The van der Waals surface area contributed by atoms with E-state index in [1.54, 1.807) is 37.4 Å². The molecule has 0 aliphatic carbocycles. The minimum Gasteiger partial charge on any atom is -0.497 e. The highest BCUT2D eigenvalue weighted by molar-refractivity contribution is 6.25. The van der Waals surface area contributed by atoms with Gasteiger partial charge in [-0.05, 0) is 213 Å². The Labute approximate surface area is 761 Å². The van der Waals surface area contributed by atoms with Gasteiger partial charge in [-0.1, -0.05) is 24.3 Å². The molecule has 2 unspecified atom stereocenters. The molecule has 2 aromatic heterocycles. The molecule has 0 bridgehead atoms. The van der Waals surface area contributed by atoms with E-state index in [9.17, 15) is 65.5 Å². The summed E-state index contributed by atoms with van der Waals surface area (Å²) >= 11 is 0. The molecule has 2 atom stereocenters. The standard InChI is InChI=1S/C53H53F2N9O7.C45H45F2N9O6/c1-70-40-7-2-32(3-8-40)31-63(38-5-9-41-43(29-38)53(69)64(52(41)68)47-12-13-48(65)57-51(47)67)21-18-61-16-19-62(20-17-61)39-6-10-42(46(30-39)56-37-14-22-71-23-15-37)50(66)58-49-44-27-33(4-11-45(44)59-60-49)24-34-25-35(54)28-36(55)26-34;46-28-20-27(21-29(47)23-28)19-26-1-6-37-36(22-26)41(53-52-37)51-42(58)34-5-3-32(25-38(34)49-30-9-17-62-18-10-30)55-15-13-54(14-16-55)12-11-48-31-2-4-33-35(24-31)45(61)56(44(33)60)39-7-8-40(57)50-43(39)59/h2-11,25-30,37,47,56H,12-24,31H2,1H3,(H,57,65,67)(H2,58,59,60,66);1-6,20-25,30,39,48-49H,7-19H2,(H,50,57,59)(H2,51,52,53,58). The van der Waals surface area contributed by atoms with Crippen LogP contribution < -0.4 is 56.7 Å². The zero-order valence-electron chi connectivity index (χ0n) is 72.9. The monoisotopic (exact) mass is 1810 g/mol. The molecule has 133 heavy (non-hydrogen) atoms. The van der Waals surface area contributed by atoms with Crippen LogP contribution in [-0.2, 0) is 48.0 Å². The number of H-pyrrole nitrogens is 2. The van der Waals surface area contributed by atoms with Crippen molar-refractivity contribution in [2.75, 3.05) is 153 Å². The lowest BCUT2D eigenvalue weighted by Gasteiger charge is -2.37. The number of nitrogens with one attached hydrogen (secondary N) is 9. The van der Waals surface area contributed by atoms with Crippen molar-refractivity contribution in [1.29, 1.82) is 0 Å². The molecular weight excluding hydrogens is 1710 g/mol. The van der Waals surface area contributed by atoms with Gasteiger partial charge in [-0.25, -0.2) is 17.6 Å². The average molecular weight is 1810 g/mol. The topological polar surface area (TPSA) is 363 Å². The van der Waals surface area contributed by atoms with Crippen LogP contribution in [0.25, 0.3) is 21.8 Å². The Hall–Kier alpha value is -14.4. The highest BCUT2D eigenvalue weighted by Crippen LogP contribution is 2.38. The van der Waals surface area contributed by atoms with E-state index in [4.69, 9.17) is 14.2 Å². The van der Waals surface area contributed by atoms with Crippen molar-refractivity contribution in [3.8, 4) is 5.75 Å². The number of methoxy groups -OCH3 is 1. The van der Waals surface area contributed by atoms with Crippen LogP contribution in [0.5, 0.6) is 5.75 Å². The van der Waals surface area contributed by atoms with Crippen molar-refractivity contribution in [2.45, 2.75) is 94.9 Å². The molecule has 0 radical (unpaired) electrons. The largest absolute Gasteiger partial charge is 0.497 e. The summed E-state index contributed by atoms with van der Waals surface area (Å²) in [5.41, 5.74) is 11.7. The molecule has 8 aliphatic rings. The molecule has 0 saturated carbocycles. The normalized spacial score (nSPS) is 18.1. The maximum atomic E-state index is 14.2. The molecule has 10 amide bonds. The van der Waals surface area contributed by atoms with E-state index < -0.39 is 82.6 Å². The van der Waals surface area contributed by atoms with Gasteiger partial charge in [0.1, 0.15) is 41.1 Å². The van der Waals surface area contributed by atoms with Crippen LogP contribution in [0.1, 0.15) is 141 Å². The quantitative estimate of drug-likeness (QED) is 0.0171. The molecule has 9 aromatic carbocycles. The number of anilines is 8. The molecule has 35 heteroatoms. The average Bonchev–Trinajstić information content (AvgIpc) is 1.61. The van der Waals surface area contributed by atoms with E-state index in [-0.39, 0.29) is 71.8 Å². The predicted molar refractivity (Wildman–Crippen MR) is 490 cm³/mol. The summed E-state index contributed by atoms with van der Waals surface area (Å²) in [5.74, 6) is -6.13. The molecule has 6 fully saturated rings. The number of hydrogen-bond acceptors (Lipinski definition) is 23. The Morgan fingerprint density at radius 3 is 1.37 bits per heavy atom. The Morgan fingerprint density at radius 2 is 0.902 bits per heavy atom. The van der Waals surface area contributed by atoms with Gasteiger partial charge in [-0.3, -0.25) is 88.4 Å². The van der Waals surface area contributed by atoms with Gasteiger partial charge < -0.3 is 55.5 Å². The van der Waals surface area contributed by atoms with Crippen LogP contribution in [0, 0.1) is 23.3 Å². The Morgan fingerprint density at radius 1 is 0.459 bits per heavy atom. The minimum atomic E-state index is -1.05. The fourth-order valence-corrected chi connectivity index (χ4v) is 18.6. The number of amides is 10. The fraction of sp³-hybridized carbons (Fsp3) is 0.327. The summed E-state index contributed by atoms with van der Waals surface area (Å²) in [4.78, 5) is 144. The number of halogens is 4. The van der Waals surface area contributed by atoms with Crippen molar-refractivity contribution >= 4 is 127 Å². The highest BCUT2D eigenvalue weighted by Gasteiger charge is 2.47. The number of rotatable bonds is 27. The molecule has 6 saturated heterocycles. The third-order valence-corrected chi connectivity index (χ3v) is 25.7.